The molecule has 0 bridgehead atoms. The van der Waals surface area contributed by atoms with Gasteiger partial charge < -0.3 is 5.11 Å². The van der Waals surface area contributed by atoms with Gasteiger partial charge in [0.1, 0.15) is 10.7 Å². The van der Waals surface area contributed by atoms with Crippen LogP contribution >= 0.6 is 11.6 Å². The van der Waals surface area contributed by atoms with Crippen LogP contribution in [0.3, 0.4) is 0 Å². The van der Waals surface area contributed by atoms with Crippen molar-refractivity contribution in [3.05, 3.63) is 17.3 Å². The Labute approximate surface area is 139 Å². The number of halogens is 1. The largest absolute Gasteiger partial charge is 0.390 e. The van der Waals surface area contributed by atoms with Gasteiger partial charge >= 0.3 is 0 Å². The second-order valence-electron chi connectivity index (χ2n) is 6.44. The predicted molar refractivity (Wildman–Crippen MR) is 89.6 cm³/mol. The highest BCUT2D eigenvalue weighted by Crippen LogP contribution is 2.37. The summed E-state index contributed by atoms with van der Waals surface area (Å²) in [6.07, 6.45) is 3.77. The normalized spacial score (nSPS) is 17.7. The number of carbonyl (C=O) groups is 1. The van der Waals surface area contributed by atoms with Crippen molar-refractivity contribution in [3.8, 4) is 0 Å². The van der Waals surface area contributed by atoms with Crippen molar-refractivity contribution in [2.24, 2.45) is 0 Å². The molecule has 0 spiro atoms. The van der Waals surface area contributed by atoms with Crippen LogP contribution in [0.25, 0.3) is 11.2 Å². The first-order chi connectivity index (χ1) is 10.9. The molecule has 23 heavy (non-hydrogen) atoms. The van der Waals surface area contributed by atoms with E-state index in [1.807, 2.05) is 11.5 Å². The van der Waals surface area contributed by atoms with Gasteiger partial charge in [0, 0.05) is 6.04 Å². The Morgan fingerprint density at radius 2 is 2.22 bits per heavy atom. The molecule has 0 aromatic carbocycles. The molecule has 2 aromatic heterocycles. The maximum atomic E-state index is 12.2. The molecule has 1 unspecified atom stereocenters. The van der Waals surface area contributed by atoms with Gasteiger partial charge in [-0.05, 0) is 44.7 Å². The quantitative estimate of drug-likeness (QED) is 0.821. The summed E-state index contributed by atoms with van der Waals surface area (Å²) >= 11 is 6.00. The van der Waals surface area contributed by atoms with E-state index in [1.165, 1.54) is 0 Å². The van der Waals surface area contributed by atoms with E-state index in [0.717, 1.165) is 19.3 Å². The fraction of sp³-hybridized carbons (Fsp3) is 0.562. The minimum Gasteiger partial charge on any atom is -0.390 e. The van der Waals surface area contributed by atoms with Gasteiger partial charge in [0.15, 0.2) is 5.65 Å². The number of pyridine rings is 1. The topological polar surface area (TPSA) is 80.0 Å². The lowest BCUT2D eigenvalue weighted by Crippen LogP contribution is -2.31. The van der Waals surface area contributed by atoms with Gasteiger partial charge in [0.05, 0.1) is 12.0 Å². The summed E-state index contributed by atoms with van der Waals surface area (Å²) in [7, 11) is 0. The van der Waals surface area contributed by atoms with E-state index in [4.69, 9.17) is 11.6 Å². The van der Waals surface area contributed by atoms with E-state index in [9.17, 15) is 9.90 Å². The number of hydrogen-bond acceptors (Lipinski definition) is 4. The van der Waals surface area contributed by atoms with Crippen molar-refractivity contribution < 1.29 is 9.90 Å². The summed E-state index contributed by atoms with van der Waals surface area (Å²) < 4.78 is 1.96. The highest BCUT2D eigenvalue weighted by atomic mass is 35.5. The van der Waals surface area contributed by atoms with Gasteiger partial charge in [0.25, 0.3) is 0 Å². The van der Waals surface area contributed by atoms with Crippen molar-refractivity contribution >= 4 is 34.6 Å². The number of aliphatic hydroxyl groups is 1. The third-order valence-electron chi connectivity index (χ3n) is 4.50. The monoisotopic (exact) mass is 336 g/mol. The van der Waals surface area contributed by atoms with Crippen molar-refractivity contribution in [2.45, 2.75) is 57.6 Å². The first kappa shape index (κ1) is 16.2. The highest BCUT2D eigenvalue weighted by Gasteiger charge is 2.28. The molecule has 1 saturated carbocycles. The van der Waals surface area contributed by atoms with Crippen LogP contribution in [0.2, 0.25) is 5.15 Å². The molecular weight excluding hydrogens is 316 g/mol. The van der Waals surface area contributed by atoms with Crippen LogP contribution in [0, 0.1) is 0 Å². The minimum atomic E-state index is -1.01. The van der Waals surface area contributed by atoms with Gasteiger partial charge in [-0.2, -0.15) is 0 Å². The fourth-order valence-corrected chi connectivity index (χ4v) is 2.81. The molecule has 1 atom stereocenters. The molecule has 2 heterocycles. The van der Waals surface area contributed by atoms with Crippen molar-refractivity contribution in [1.29, 1.82) is 0 Å². The molecule has 2 N–H and O–H groups in total. The number of imidazole rings is 1. The molecule has 0 aliphatic heterocycles. The fourth-order valence-electron chi connectivity index (χ4n) is 2.67. The van der Waals surface area contributed by atoms with E-state index in [-0.39, 0.29) is 18.4 Å². The average molecular weight is 337 g/mol. The lowest BCUT2D eigenvalue weighted by molar-refractivity contribution is -0.120. The second kappa shape index (κ2) is 6.09. The molecule has 0 radical (unpaired) electrons. The number of anilines is 1. The van der Waals surface area contributed by atoms with Gasteiger partial charge in [-0.1, -0.05) is 18.5 Å². The zero-order chi connectivity index (χ0) is 16.6. The van der Waals surface area contributed by atoms with E-state index in [1.54, 1.807) is 19.1 Å². The summed E-state index contributed by atoms with van der Waals surface area (Å²) in [5.41, 5.74) is 0.387. The zero-order valence-electron chi connectivity index (χ0n) is 13.3. The molecule has 3 rings (SSSR count). The van der Waals surface area contributed by atoms with E-state index in [0.29, 0.717) is 28.7 Å². The molecule has 1 aliphatic carbocycles. The van der Waals surface area contributed by atoms with Crippen molar-refractivity contribution in [2.75, 3.05) is 5.32 Å². The Balaban J connectivity index is 1.92. The third kappa shape index (κ3) is 3.33. The highest BCUT2D eigenvalue weighted by molar-refractivity contribution is 6.29. The van der Waals surface area contributed by atoms with Gasteiger partial charge in [-0.15, -0.1) is 0 Å². The SMILES string of the molecule is CCC(C)(O)CC(=O)Nc1nc2ccc(Cl)nc2n1C1CCC1. The van der Waals surface area contributed by atoms with Crippen molar-refractivity contribution in [1.82, 2.24) is 14.5 Å². The van der Waals surface area contributed by atoms with Crippen LogP contribution < -0.4 is 5.32 Å². The van der Waals surface area contributed by atoms with E-state index >= 15 is 0 Å². The maximum absolute atomic E-state index is 12.2. The summed E-state index contributed by atoms with van der Waals surface area (Å²) in [5.74, 6) is 0.232. The van der Waals surface area contributed by atoms with Crippen LogP contribution in [0.15, 0.2) is 12.1 Å². The Kier molecular flexibility index (Phi) is 4.29. The van der Waals surface area contributed by atoms with E-state index in [2.05, 4.69) is 15.3 Å². The molecule has 1 aliphatic rings. The number of aromatic nitrogens is 3. The van der Waals surface area contributed by atoms with Crippen LogP contribution in [-0.4, -0.2) is 31.1 Å². The van der Waals surface area contributed by atoms with Crippen LogP contribution in [0.4, 0.5) is 5.95 Å². The third-order valence-corrected chi connectivity index (χ3v) is 4.71. The van der Waals surface area contributed by atoms with Crippen LogP contribution in [-0.2, 0) is 4.79 Å². The van der Waals surface area contributed by atoms with Crippen molar-refractivity contribution in [3.63, 3.8) is 0 Å². The number of carbonyl (C=O) groups excluding carboxylic acids is 1. The standard InChI is InChI=1S/C16H21ClN4O2/c1-3-16(2,23)9-13(22)20-15-18-11-7-8-12(17)19-14(11)21(15)10-5-4-6-10/h7-8,10,23H,3-6,9H2,1-2H3,(H,18,20,22). The lowest BCUT2D eigenvalue weighted by atomic mass is 9.93. The molecule has 7 heteroatoms. The minimum absolute atomic E-state index is 0.0333. The Bertz CT molecular complexity index is 737. The molecule has 1 amide bonds. The predicted octanol–water partition coefficient (Wildman–Crippen LogP) is 3.30. The number of fused-ring (bicyclic) bond motifs is 1. The number of rotatable bonds is 5. The summed E-state index contributed by atoms with van der Waals surface area (Å²) in [4.78, 5) is 21.1. The molecule has 6 nitrogen and oxygen atoms in total. The Morgan fingerprint density at radius 1 is 1.48 bits per heavy atom. The van der Waals surface area contributed by atoms with Crippen LogP contribution in [0.5, 0.6) is 0 Å². The lowest BCUT2D eigenvalue weighted by Gasteiger charge is -2.28. The number of amides is 1. The summed E-state index contributed by atoms with van der Waals surface area (Å²) in [6, 6.07) is 3.78. The Morgan fingerprint density at radius 3 is 2.83 bits per heavy atom. The number of hydrogen-bond donors (Lipinski definition) is 2. The smallest absolute Gasteiger partial charge is 0.229 e. The van der Waals surface area contributed by atoms with Crippen LogP contribution in [0.1, 0.15) is 52.0 Å². The second-order valence-corrected chi connectivity index (χ2v) is 6.83. The van der Waals surface area contributed by atoms with E-state index < -0.39 is 5.60 Å². The Hall–Kier alpha value is -1.66. The van der Waals surface area contributed by atoms with Gasteiger partial charge in [-0.25, -0.2) is 9.97 Å². The molecular formula is C16H21ClN4O2. The molecule has 124 valence electrons. The van der Waals surface area contributed by atoms with Gasteiger partial charge in [0.2, 0.25) is 11.9 Å². The molecule has 2 aromatic rings. The first-order valence-electron chi connectivity index (χ1n) is 7.96. The first-order valence-corrected chi connectivity index (χ1v) is 8.34. The summed E-state index contributed by atoms with van der Waals surface area (Å²) in [6.45, 7) is 3.51. The van der Waals surface area contributed by atoms with Gasteiger partial charge in [-0.3, -0.25) is 14.7 Å². The zero-order valence-corrected chi connectivity index (χ0v) is 14.1. The molecule has 1 fully saturated rings. The average Bonchev–Trinajstić information content (AvgIpc) is 2.74. The summed E-state index contributed by atoms with van der Waals surface area (Å²) in [5, 5.41) is 13.3. The number of nitrogens with one attached hydrogen (secondary N) is 1. The number of nitrogens with zero attached hydrogens (tertiary/aromatic N) is 3. The maximum Gasteiger partial charge on any atom is 0.229 e. The molecule has 0 saturated heterocycles.